The zero-order chi connectivity index (χ0) is 14.5. The van der Waals surface area contributed by atoms with Crippen molar-refractivity contribution < 1.29 is 0 Å². The number of hydrogen-bond acceptors (Lipinski definition) is 2. The molecule has 0 aliphatic heterocycles. The molecule has 0 saturated carbocycles. The molecular weight excluding hydrogens is 256 g/mol. The highest BCUT2D eigenvalue weighted by Gasteiger charge is 2.13. The van der Waals surface area contributed by atoms with Gasteiger partial charge in [0.05, 0.1) is 5.52 Å². The Morgan fingerprint density at radius 3 is 2.62 bits per heavy atom. The maximum atomic E-state index is 4.45. The Labute approximate surface area is 125 Å². The Bertz CT molecular complexity index is 702. The predicted molar refractivity (Wildman–Crippen MR) is 88.6 cm³/mol. The highest BCUT2D eigenvalue weighted by atomic mass is 14.8. The van der Waals surface area contributed by atoms with Crippen molar-refractivity contribution in [2.75, 3.05) is 13.6 Å². The summed E-state index contributed by atoms with van der Waals surface area (Å²) >= 11 is 0. The van der Waals surface area contributed by atoms with E-state index in [0.717, 1.165) is 18.5 Å². The number of pyridine rings is 1. The first-order chi connectivity index (χ1) is 10.4. The van der Waals surface area contributed by atoms with Gasteiger partial charge in [0.1, 0.15) is 0 Å². The normalized spacial score (nSPS) is 12.4. The lowest BCUT2D eigenvalue weighted by atomic mass is 9.90. The molecule has 0 saturated heterocycles. The predicted octanol–water partition coefficient (Wildman–Crippen LogP) is 3.78. The van der Waals surface area contributed by atoms with Gasteiger partial charge in [-0.05, 0) is 36.7 Å². The average Bonchev–Trinajstić information content (AvgIpc) is 2.55. The molecule has 0 radical (unpaired) electrons. The fraction of sp³-hybridized carbons (Fsp3) is 0.211. The summed E-state index contributed by atoms with van der Waals surface area (Å²) in [5, 5.41) is 4.58. The summed E-state index contributed by atoms with van der Waals surface area (Å²) < 4.78 is 0. The highest BCUT2D eigenvalue weighted by Crippen LogP contribution is 2.24. The van der Waals surface area contributed by atoms with Crippen molar-refractivity contribution in [2.24, 2.45) is 0 Å². The number of likely N-dealkylation sites (N-methyl/N-ethyl adjacent to an activating group) is 1. The van der Waals surface area contributed by atoms with E-state index in [1.807, 2.05) is 19.3 Å². The summed E-state index contributed by atoms with van der Waals surface area (Å²) in [5.41, 5.74) is 3.82. The second-order valence-corrected chi connectivity index (χ2v) is 5.36. The molecule has 3 aromatic rings. The van der Waals surface area contributed by atoms with Crippen LogP contribution in [0.15, 0.2) is 66.9 Å². The minimum Gasteiger partial charge on any atom is -0.319 e. The van der Waals surface area contributed by atoms with E-state index in [2.05, 4.69) is 64.9 Å². The lowest BCUT2D eigenvalue weighted by molar-refractivity contribution is 0.627. The summed E-state index contributed by atoms with van der Waals surface area (Å²) in [4.78, 5) is 4.45. The van der Waals surface area contributed by atoms with Crippen LogP contribution in [0.25, 0.3) is 10.9 Å². The van der Waals surface area contributed by atoms with Crippen LogP contribution in [0.2, 0.25) is 0 Å². The molecule has 0 aliphatic carbocycles. The molecule has 1 atom stereocenters. The quantitative estimate of drug-likeness (QED) is 0.767. The Kier molecular flexibility index (Phi) is 4.27. The maximum absolute atomic E-state index is 4.45. The first kappa shape index (κ1) is 13.8. The van der Waals surface area contributed by atoms with Crippen LogP contribution in [0, 0.1) is 0 Å². The lowest BCUT2D eigenvalue weighted by Gasteiger charge is -2.18. The van der Waals surface area contributed by atoms with Crippen molar-refractivity contribution in [3.05, 3.63) is 78.0 Å². The molecule has 21 heavy (non-hydrogen) atoms. The molecule has 3 rings (SSSR count). The van der Waals surface area contributed by atoms with Gasteiger partial charge in [-0.2, -0.15) is 0 Å². The van der Waals surface area contributed by atoms with Crippen LogP contribution in [0.4, 0.5) is 0 Å². The van der Waals surface area contributed by atoms with Crippen molar-refractivity contribution >= 4 is 10.9 Å². The van der Waals surface area contributed by atoms with Gasteiger partial charge in [0.15, 0.2) is 0 Å². The Hall–Kier alpha value is -2.19. The number of hydrogen-bond donors (Lipinski definition) is 1. The molecule has 1 unspecified atom stereocenters. The van der Waals surface area contributed by atoms with Gasteiger partial charge in [-0.1, -0.05) is 48.5 Å². The van der Waals surface area contributed by atoms with Crippen molar-refractivity contribution in [2.45, 2.75) is 12.3 Å². The third kappa shape index (κ3) is 3.11. The van der Waals surface area contributed by atoms with Gasteiger partial charge in [0.25, 0.3) is 0 Å². The number of benzene rings is 2. The SMILES string of the molecule is CNCC(Cc1cccc2ncccc12)c1ccccc1. The second-order valence-electron chi connectivity index (χ2n) is 5.36. The number of nitrogens with zero attached hydrogens (tertiary/aromatic N) is 1. The largest absolute Gasteiger partial charge is 0.319 e. The Balaban J connectivity index is 1.95. The van der Waals surface area contributed by atoms with Crippen LogP contribution in [0.1, 0.15) is 17.0 Å². The molecule has 106 valence electrons. The van der Waals surface area contributed by atoms with E-state index in [0.29, 0.717) is 5.92 Å². The van der Waals surface area contributed by atoms with Gasteiger partial charge in [-0.25, -0.2) is 0 Å². The first-order valence-corrected chi connectivity index (χ1v) is 7.40. The Morgan fingerprint density at radius 1 is 0.952 bits per heavy atom. The summed E-state index contributed by atoms with van der Waals surface area (Å²) in [7, 11) is 2.01. The standard InChI is InChI=1S/C19H20N2/c1-20-14-17(15-7-3-2-4-8-15)13-16-9-5-11-19-18(16)10-6-12-21-19/h2-12,17,20H,13-14H2,1H3. The van der Waals surface area contributed by atoms with Crippen LogP contribution in [-0.2, 0) is 6.42 Å². The molecule has 2 heteroatoms. The summed E-state index contributed by atoms with van der Waals surface area (Å²) in [6, 6.07) is 21.3. The van der Waals surface area contributed by atoms with Gasteiger partial charge >= 0.3 is 0 Å². The summed E-state index contributed by atoms with van der Waals surface area (Å²) in [6.07, 6.45) is 2.88. The fourth-order valence-electron chi connectivity index (χ4n) is 2.89. The van der Waals surface area contributed by atoms with Crippen LogP contribution in [0.3, 0.4) is 0 Å². The number of nitrogens with one attached hydrogen (secondary N) is 1. The molecule has 0 amide bonds. The van der Waals surface area contributed by atoms with E-state index in [1.54, 1.807) is 0 Å². The summed E-state index contributed by atoms with van der Waals surface area (Å²) in [5.74, 6) is 0.474. The minimum absolute atomic E-state index is 0.474. The number of fused-ring (bicyclic) bond motifs is 1. The van der Waals surface area contributed by atoms with E-state index in [4.69, 9.17) is 0 Å². The monoisotopic (exact) mass is 276 g/mol. The summed E-state index contributed by atoms with van der Waals surface area (Å²) in [6.45, 7) is 0.973. The van der Waals surface area contributed by atoms with Gasteiger partial charge in [-0.3, -0.25) is 4.98 Å². The molecule has 1 N–H and O–H groups in total. The Morgan fingerprint density at radius 2 is 1.81 bits per heavy atom. The van der Waals surface area contributed by atoms with Crippen LogP contribution >= 0.6 is 0 Å². The third-order valence-corrected chi connectivity index (χ3v) is 3.92. The van der Waals surface area contributed by atoms with E-state index in [1.165, 1.54) is 16.5 Å². The van der Waals surface area contributed by atoms with Crippen LogP contribution in [-0.4, -0.2) is 18.6 Å². The van der Waals surface area contributed by atoms with E-state index < -0.39 is 0 Å². The lowest BCUT2D eigenvalue weighted by Crippen LogP contribution is -2.19. The van der Waals surface area contributed by atoms with Crippen LogP contribution in [0.5, 0.6) is 0 Å². The van der Waals surface area contributed by atoms with Crippen LogP contribution < -0.4 is 5.32 Å². The zero-order valence-electron chi connectivity index (χ0n) is 12.3. The fourth-order valence-corrected chi connectivity index (χ4v) is 2.89. The highest BCUT2D eigenvalue weighted by molar-refractivity contribution is 5.82. The van der Waals surface area contributed by atoms with E-state index >= 15 is 0 Å². The van der Waals surface area contributed by atoms with Gasteiger partial charge in [0, 0.05) is 24.0 Å². The second kappa shape index (κ2) is 6.51. The topological polar surface area (TPSA) is 24.9 Å². The van der Waals surface area contributed by atoms with Crippen molar-refractivity contribution in [3.63, 3.8) is 0 Å². The molecule has 2 aromatic carbocycles. The minimum atomic E-state index is 0.474. The average molecular weight is 276 g/mol. The molecule has 1 heterocycles. The molecular formula is C19H20N2. The molecule has 2 nitrogen and oxygen atoms in total. The van der Waals surface area contributed by atoms with Gasteiger partial charge < -0.3 is 5.32 Å². The third-order valence-electron chi connectivity index (χ3n) is 3.92. The zero-order valence-corrected chi connectivity index (χ0v) is 12.3. The number of rotatable bonds is 5. The maximum Gasteiger partial charge on any atom is 0.0704 e. The molecule has 0 fully saturated rings. The number of aromatic nitrogens is 1. The van der Waals surface area contributed by atoms with Crippen molar-refractivity contribution in [1.82, 2.24) is 10.3 Å². The molecule has 0 bridgehead atoms. The van der Waals surface area contributed by atoms with Crippen molar-refractivity contribution in [3.8, 4) is 0 Å². The van der Waals surface area contributed by atoms with Crippen molar-refractivity contribution in [1.29, 1.82) is 0 Å². The first-order valence-electron chi connectivity index (χ1n) is 7.40. The van der Waals surface area contributed by atoms with E-state index in [-0.39, 0.29) is 0 Å². The van der Waals surface area contributed by atoms with Gasteiger partial charge in [-0.15, -0.1) is 0 Å². The smallest absolute Gasteiger partial charge is 0.0704 e. The van der Waals surface area contributed by atoms with E-state index in [9.17, 15) is 0 Å². The molecule has 1 aromatic heterocycles. The molecule has 0 aliphatic rings. The van der Waals surface area contributed by atoms with Gasteiger partial charge in [0.2, 0.25) is 0 Å². The molecule has 0 spiro atoms.